The van der Waals surface area contributed by atoms with Gasteiger partial charge in [-0.05, 0) is 71.1 Å². The van der Waals surface area contributed by atoms with Crippen LogP contribution in [0, 0.1) is 13.8 Å². The second-order valence-electron chi connectivity index (χ2n) is 12.0. The maximum absolute atomic E-state index is 14.3. The van der Waals surface area contributed by atoms with Gasteiger partial charge in [0.05, 0.1) is 27.7 Å². The summed E-state index contributed by atoms with van der Waals surface area (Å²) >= 11 is 0. The first-order valence-electron chi connectivity index (χ1n) is 14.3. The van der Waals surface area contributed by atoms with Gasteiger partial charge in [-0.3, -0.25) is 4.79 Å². The fourth-order valence-corrected chi connectivity index (χ4v) is 5.81. The topological polar surface area (TPSA) is 94.6 Å². The van der Waals surface area contributed by atoms with Crippen molar-refractivity contribution in [1.29, 1.82) is 0 Å². The van der Waals surface area contributed by atoms with E-state index in [4.69, 9.17) is 13.7 Å². The van der Waals surface area contributed by atoms with Gasteiger partial charge < -0.3 is 19.0 Å². The predicted molar refractivity (Wildman–Crippen MR) is 163 cm³/mol. The van der Waals surface area contributed by atoms with Crippen molar-refractivity contribution < 1.29 is 18.5 Å². The number of aryl methyl sites for hydroxylation is 2. The molecule has 2 heterocycles. The Kier molecular flexibility index (Phi) is 6.76. The molecule has 0 spiro atoms. The van der Waals surface area contributed by atoms with Crippen LogP contribution in [0.2, 0.25) is 0 Å². The Hall–Kier alpha value is -4.65. The highest BCUT2D eigenvalue weighted by atomic mass is 16.6. The van der Waals surface area contributed by atoms with Gasteiger partial charge in [0, 0.05) is 11.1 Å². The predicted octanol–water partition coefficient (Wildman–Crippen LogP) is 8.30. The number of nitrogens with one attached hydrogen (secondary N) is 1. The molecule has 0 atom stereocenters. The van der Waals surface area contributed by atoms with Gasteiger partial charge in [0.2, 0.25) is 5.43 Å². The van der Waals surface area contributed by atoms with E-state index in [1.54, 1.807) is 6.07 Å². The number of rotatable bonds is 5. The summed E-state index contributed by atoms with van der Waals surface area (Å²) in [6, 6.07) is 23.1. The van der Waals surface area contributed by atoms with E-state index in [2.05, 4.69) is 10.5 Å². The van der Waals surface area contributed by atoms with Crippen molar-refractivity contribution in [2.75, 3.05) is 0 Å². The van der Waals surface area contributed by atoms with E-state index in [0.717, 1.165) is 52.8 Å². The van der Waals surface area contributed by atoms with Gasteiger partial charge in [-0.1, -0.05) is 71.9 Å². The zero-order valence-electron chi connectivity index (χ0n) is 24.5. The molecule has 0 unspecified atom stereocenters. The number of carbonyl (C=O) groups is 1. The Balaban J connectivity index is 1.48. The monoisotopic (exact) mass is 562 g/mol. The number of carbonyl (C=O) groups excluding carboxylic acids is 1. The van der Waals surface area contributed by atoms with Crippen LogP contribution in [0.25, 0.3) is 44.5 Å². The van der Waals surface area contributed by atoms with Crippen LogP contribution in [0.1, 0.15) is 57.1 Å². The maximum Gasteiger partial charge on any atom is 0.408 e. The Morgan fingerprint density at radius 3 is 2.21 bits per heavy atom. The second kappa shape index (κ2) is 10.3. The fourth-order valence-electron chi connectivity index (χ4n) is 5.81. The number of ether oxygens (including phenoxy) is 1. The molecule has 1 fully saturated rings. The highest BCUT2D eigenvalue weighted by Crippen LogP contribution is 2.43. The van der Waals surface area contributed by atoms with Crippen molar-refractivity contribution in [2.45, 2.75) is 65.0 Å². The summed E-state index contributed by atoms with van der Waals surface area (Å²) < 4.78 is 17.6. The highest BCUT2D eigenvalue weighted by Gasteiger charge is 2.41. The van der Waals surface area contributed by atoms with Crippen LogP contribution >= 0.6 is 0 Å². The smallest absolute Gasteiger partial charge is 0.408 e. The number of para-hydroxylation sites is 1. The molecule has 7 nitrogen and oxygen atoms in total. The number of hydrogen-bond acceptors (Lipinski definition) is 6. The zero-order valence-corrected chi connectivity index (χ0v) is 24.5. The van der Waals surface area contributed by atoms with Crippen LogP contribution in [0.4, 0.5) is 4.79 Å². The molecule has 2 aromatic heterocycles. The molecule has 5 aromatic rings. The molecule has 1 aliphatic carbocycles. The van der Waals surface area contributed by atoms with Crippen molar-refractivity contribution in [2.24, 2.45) is 0 Å². The van der Waals surface area contributed by atoms with E-state index in [0.29, 0.717) is 28.1 Å². The minimum Gasteiger partial charge on any atom is -0.454 e. The molecule has 1 N–H and O–H groups in total. The van der Waals surface area contributed by atoms with E-state index >= 15 is 0 Å². The quantitative estimate of drug-likeness (QED) is 0.232. The summed E-state index contributed by atoms with van der Waals surface area (Å²) in [6.45, 7) is 9.29. The lowest BCUT2D eigenvalue weighted by molar-refractivity contribution is 0.0377. The minimum atomic E-state index is -0.581. The Labute approximate surface area is 244 Å². The molecule has 1 aliphatic rings. The molecule has 1 amide bonds. The average molecular weight is 563 g/mol. The summed E-state index contributed by atoms with van der Waals surface area (Å²) in [5.41, 5.74) is 4.62. The van der Waals surface area contributed by atoms with Crippen molar-refractivity contribution >= 4 is 17.1 Å². The molecule has 0 aliphatic heterocycles. The van der Waals surface area contributed by atoms with Gasteiger partial charge in [0.1, 0.15) is 22.7 Å². The number of fused-ring (bicyclic) bond motifs is 1. The molecule has 42 heavy (non-hydrogen) atoms. The number of aromatic nitrogens is 1. The normalized spacial score (nSPS) is 14.4. The summed E-state index contributed by atoms with van der Waals surface area (Å²) in [4.78, 5) is 26.9. The Morgan fingerprint density at radius 2 is 1.62 bits per heavy atom. The van der Waals surface area contributed by atoms with Gasteiger partial charge in [-0.25, -0.2) is 4.79 Å². The van der Waals surface area contributed by atoms with Gasteiger partial charge >= 0.3 is 6.09 Å². The standard InChI is InChI=1S/C35H34N2O5/c1-21-28(22(2)42-37-21)26-13-9-14-27-30(38)29(31(40-32(26)27)24-11-7-6-8-12-24)23-15-17-25(18-16-23)35(19-10-20-35)36-33(39)41-34(3,4)5/h6-9,11-18H,10,19-20H2,1-5H3,(H,36,39). The number of alkyl carbamates (subject to hydrolysis) is 1. The van der Waals surface area contributed by atoms with Crippen molar-refractivity contribution in [3.8, 4) is 33.6 Å². The number of nitrogens with zero attached hydrogens (tertiary/aromatic N) is 1. The minimum absolute atomic E-state index is 0.123. The number of benzene rings is 3. The fraction of sp³-hybridized carbons (Fsp3) is 0.286. The molecule has 0 radical (unpaired) electrons. The van der Waals surface area contributed by atoms with E-state index in [-0.39, 0.29) is 5.43 Å². The van der Waals surface area contributed by atoms with Crippen molar-refractivity contribution in [3.63, 3.8) is 0 Å². The van der Waals surface area contributed by atoms with Gasteiger partial charge in [0.15, 0.2) is 0 Å². The van der Waals surface area contributed by atoms with Crippen LogP contribution in [-0.4, -0.2) is 16.9 Å². The van der Waals surface area contributed by atoms with Crippen LogP contribution in [0.5, 0.6) is 0 Å². The molecular weight excluding hydrogens is 528 g/mol. The van der Waals surface area contributed by atoms with Gasteiger partial charge in [-0.15, -0.1) is 0 Å². The second-order valence-corrected chi connectivity index (χ2v) is 12.0. The van der Waals surface area contributed by atoms with Crippen LogP contribution in [0.15, 0.2) is 86.5 Å². The van der Waals surface area contributed by atoms with E-state index in [1.165, 1.54) is 0 Å². The molecule has 3 aromatic carbocycles. The van der Waals surface area contributed by atoms with Gasteiger partial charge in [0.25, 0.3) is 0 Å². The summed E-state index contributed by atoms with van der Waals surface area (Å²) in [5.74, 6) is 1.15. The van der Waals surface area contributed by atoms with E-state index < -0.39 is 17.2 Å². The largest absolute Gasteiger partial charge is 0.454 e. The van der Waals surface area contributed by atoms with E-state index in [9.17, 15) is 9.59 Å². The summed E-state index contributed by atoms with van der Waals surface area (Å²) in [5, 5.41) is 7.70. The van der Waals surface area contributed by atoms with Gasteiger partial charge in [-0.2, -0.15) is 0 Å². The van der Waals surface area contributed by atoms with E-state index in [1.807, 2.05) is 101 Å². The third-order valence-corrected chi connectivity index (χ3v) is 7.93. The lowest BCUT2D eigenvalue weighted by atomic mass is 9.71. The summed E-state index contributed by atoms with van der Waals surface area (Å²) in [7, 11) is 0. The summed E-state index contributed by atoms with van der Waals surface area (Å²) in [6.07, 6.45) is 2.23. The first kappa shape index (κ1) is 27.5. The van der Waals surface area contributed by atoms with Crippen LogP contribution < -0.4 is 10.7 Å². The first-order valence-corrected chi connectivity index (χ1v) is 14.3. The Bertz CT molecular complexity index is 1820. The third kappa shape index (κ3) is 4.89. The lowest BCUT2D eigenvalue weighted by Gasteiger charge is -2.43. The first-order chi connectivity index (χ1) is 20.1. The molecule has 6 rings (SSSR count). The van der Waals surface area contributed by atoms with Crippen LogP contribution in [0.3, 0.4) is 0 Å². The molecule has 1 saturated carbocycles. The molecule has 7 heteroatoms. The third-order valence-electron chi connectivity index (χ3n) is 7.93. The highest BCUT2D eigenvalue weighted by molar-refractivity contribution is 5.97. The molecule has 0 saturated heterocycles. The average Bonchev–Trinajstić information content (AvgIpc) is 3.27. The molecular formula is C35H34N2O5. The number of hydrogen-bond donors (Lipinski definition) is 1. The molecule has 214 valence electrons. The van der Waals surface area contributed by atoms with Crippen LogP contribution in [-0.2, 0) is 10.3 Å². The Morgan fingerprint density at radius 1 is 0.905 bits per heavy atom. The maximum atomic E-state index is 14.3. The zero-order chi connectivity index (χ0) is 29.6. The van der Waals surface area contributed by atoms with Crippen molar-refractivity contribution in [3.05, 3.63) is 100 Å². The van der Waals surface area contributed by atoms with Crippen molar-refractivity contribution in [1.82, 2.24) is 10.5 Å². The SMILES string of the molecule is Cc1noc(C)c1-c1cccc2c(=O)c(-c3ccc(C4(NC(=O)OC(C)(C)C)CCC4)cc3)c(-c3ccccc3)oc12. The molecule has 0 bridgehead atoms. The number of amides is 1. The lowest BCUT2D eigenvalue weighted by Crippen LogP contribution is -2.52.